The standard InChI is InChI=1S/C9H15N3O4S/c1-5(17-9(15)16)6(4-13)12-7(10)2-3-11-8(12)14/h2-3,5-6,9,13,15-16H,4,10H2,1H3. The maximum absolute atomic E-state index is 11.6. The van der Waals surface area contributed by atoms with Crippen molar-refractivity contribution in [2.45, 2.75) is 23.8 Å². The second kappa shape index (κ2) is 6.01. The Hall–Kier alpha value is -1.09. The van der Waals surface area contributed by atoms with Gasteiger partial charge in [-0.15, -0.1) is 0 Å². The summed E-state index contributed by atoms with van der Waals surface area (Å²) in [6.45, 7) is 1.31. The Morgan fingerprint density at radius 1 is 1.59 bits per heavy atom. The molecule has 0 radical (unpaired) electrons. The van der Waals surface area contributed by atoms with Gasteiger partial charge in [0.2, 0.25) is 5.62 Å². The predicted octanol–water partition coefficient (Wildman–Crippen LogP) is -1.25. The number of nitrogen functional groups attached to an aromatic ring is 1. The maximum Gasteiger partial charge on any atom is 0.349 e. The van der Waals surface area contributed by atoms with Crippen LogP contribution in [0.15, 0.2) is 17.1 Å². The molecule has 0 amide bonds. The average molecular weight is 261 g/mol. The van der Waals surface area contributed by atoms with Crippen LogP contribution in [-0.2, 0) is 0 Å². The van der Waals surface area contributed by atoms with Gasteiger partial charge in [-0.05, 0) is 6.07 Å². The molecule has 0 aliphatic rings. The van der Waals surface area contributed by atoms with Gasteiger partial charge in [0.05, 0.1) is 12.6 Å². The summed E-state index contributed by atoms with van der Waals surface area (Å²) in [4.78, 5) is 15.1. The largest absolute Gasteiger partial charge is 0.394 e. The molecule has 1 rings (SSSR count). The molecular formula is C9H15N3O4S. The molecule has 5 N–H and O–H groups in total. The minimum Gasteiger partial charge on any atom is -0.394 e. The van der Waals surface area contributed by atoms with Gasteiger partial charge in [0.25, 0.3) is 0 Å². The van der Waals surface area contributed by atoms with Crippen molar-refractivity contribution >= 4 is 17.6 Å². The first-order valence-corrected chi connectivity index (χ1v) is 5.87. The van der Waals surface area contributed by atoms with E-state index >= 15 is 0 Å². The third-order valence-corrected chi connectivity index (χ3v) is 3.30. The molecular weight excluding hydrogens is 246 g/mol. The zero-order chi connectivity index (χ0) is 13.0. The van der Waals surface area contributed by atoms with Gasteiger partial charge in [-0.25, -0.2) is 9.78 Å². The lowest BCUT2D eigenvalue weighted by atomic mass is 10.2. The summed E-state index contributed by atoms with van der Waals surface area (Å²) in [7, 11) is 0. The molecule has 1 aromatic heterocycles. The molecule has 8 heteroatoms. The number of aromatic nitrogens is 2. The van der Waals surface area contributed by atoms with Crippen molar-refractivity contribution in [1.82, 2.24) is 9.55 Å². The van der Waals surface area contributed by atoms with Crippen molar-refractivity contribution in [3.63, 3.8) is 0 Å². The molecule has 0 aliphatic heterocycles. The first-order chi connectivity index (χ1) is 7.97. The van der Waals surface area contributed by atoms with Crippen molar-refractivity contribution in [2.75, 3.05) is 12.3 Å². The highest BCUT2D eigenvalue weighted by atomic mass is 32.2. The highest BCUT2D eigenvalue weighted by Gasteiger charge is 2.23. The zero-order valence-electron chi connectivity index (χ0n) is 9.22. The van der Waals surface area contributed by atoms with Crippen LogP contribution in [0.2, 0.25) is 0 Å². The molecule has 0 fully saturated rings. The summed E-state index contributed by atoms with van der Waals surface area (Å²) < 4.78 is 1.14. The number of hydrogen-bond acceptors (Lipinski definition) is 7. The van der Waals surface area contributed by atoms with Crippen molar-refractivity contribution < 1.29 is 15.3 Å². The van der Waals surface area contributed by atoms with E-state index in [9.17, 15) is 9.90 Å². The Morgan fingerprint density at radius 2 is 2.24 bits per heavy atom. The Labute approximate surface area is 102 Å². The molecule has 0 aliphatic carbocycles. The van der Waals surface area contributed by atoms with Gasteiger partial charge >= 0.3 is 5.69 Å². The van der Waals surface area contributed by atoms with Crippen LogP contribution in [0.25, 0.3) is 0 Å². The van der Waals surface area contributed by atoms with Crippen LogP contribution in [0, 0.1) is 0 Å². The van der Waals surface area contributed by atoms with E-state index < -0.39 is 22.6 Å². The highest BCUT2D eigenvalue weighted by molar-refractivity contribution is 8.00. The van der Waals surface area contributed by atoms with E-state index in [2.05, 4.69) is 4.98 Å². The smallest absolute Gasteiger partial charge is 0.349 e. The Bertz CT molecular complexity index is 423. The summed E-state index contributed by atoms with van der Waals surface area (Å²) in [5.74, 6) is 0.170. The van der Waals surface area contributed by atoms with Crippen LogP contribution >= 0.6 is 11.8 Å². The van der Waals surface area contributed by atoms with E-state index in [1.54, 1.807) is 6.92 Å². The average Bonchev–Trinajstić information content (AvgIpc) is 2.22. The summed E-state index contributed by atoms with van der Waals surface area (Å²) >= 11 is 0.807. The number of hydrogen-bond donors (Lipinski definition) is 4. The fourth-order valence-corrected chi connectivity index (χ4v) is 2.26. The van der Waals surface area contributed by atoms with Crippen LogP contribution in [-0.4, -0.2) is 42.3 Å². The minimum absolute atomic E-state index is 0.170. The first-order valence-electron chi connectivity index (χ1n) is 4.92. The molecule has 7 nitrogen and oxygen atoms in total. The SMILES string of the molecule is CC(SC(O)O)C(CO)n1c(N)ccnc1=O. The van der Waals surface area contributed by atoms with Crippen LogP contribution in [0.5, 0.6) is 0 Å². The quantitative estimate of drug-likeness (QED) is 0.488. The topological polar surface area (TPSA) is 122 Å². The van der Waals surface area contributed by atoms with Gasteiger partial charge in [-0.3, -0.25) is 4.57 Å². The molecule has 0 spiro atoms. The van der Waals surface area contributed by atoms with Gasteiger partial charge in [-0.2, -0.15) is 0 Å². The van der Waals surface area contributed by atoms with E-state index in [1.165, 1.54) is 12.3 Å². The molecule has 0 saturated heterocycles. The van der Waals surface area contributed by atoms with E-state index in [4.69, 9.17) is 15.9 Å². The molecule has 2 atom stereocenters. The molecule has 2 unspecified atom stereocenters. The van der Waals surface area contributed by atoms with E-state index in [1.807, 2.05) is 0 Å². The third kappa shape index (κ3) is 3.43. The van der Waals surface area contributed by atoms with Crippen LogP contribution in [0.1, 0.15) is 13.0 Å². The number of rotatable bonds is 5. The van der Waals surface area contributed by atoms with E-state index in [-0.39, 0.29) is 12.4 Å². The summed E-state index contributed by atoms with van der Waals surface area (Å²) in [5, 5.41) is 26.6. The fraction of sp³-hybridized carbons (Fsp3) is 0.556. The van der Waals surface area contributed by atoms with Crippen molar-refractivity contribution in [2.24, 2.45) is 0 Å². The third-order valence-electron chi connectivity index (χ3n) is 2.31. The summed E-state index contributed by atoms with van der Waals surface area (Å²) in [6.07, 6.45) is 1.28. The Kier molecular flexibility index (Phi) is 4.94. The van der Waals surface area contributed by atoms with Gasteiger partial charge in [0.15, 0.2) is 0 Å². The number of anilines is 1. The molecule has 96 valence electrons. The van der Waals surface area contributed by atoms with Gasteiger partial charge in [0.1, 0.15) is 5.82 Å². The lowest BCUT2D eigenvalue weighted by Crippen LogP contribution is -2.35. The Morgan fingerprint density at radius 3 is 2.71 bits per heavy atom. The maximum atomic E-state index is 11.6. The predicted molar refractivity (Wildman–Crippen MR) is 64.3 cm³/mol. The lowest BCUT2D eigenvalue weighted by Gasteiger charge is -2.25. The van der Waals surface area contributed by atoms with Crippen molar-refractivity contribution in [3.8, 4) is 0 Å². The monoisotopic (exact) mass is 261 g/mol. The van der Waals surface area contributed by atoms with Gasteiger partial charge in [-0.1, -0.05) is 18.7 Å². The minimum atomic E-state index is -1.58. The van der Waals surface area contributed by atoms with Crippen LogP contribution in [0.3, 0.4) is 0 Å². The molecule has 0 saturated carbocycles. The number of nitrogens with zero attached hydrogens (tertiary/aromatic N) is 2. The second-order valence-corrected chi connectivity index (χ2v) is 4.88. The highest BCUT2D eigenvalue weighted by Crippen LogP contribution is 2.25. The van der Waals surface area contributed by atoms with Crippen LogP contribution < -0.4 is 11.4 Å². The number of aliphatic hydroxyl groups is 3. The second-order valence-electron chi connectivity index (χ2n) is 3.44. The van der Waals surface area contributed by atoms with Crippen molar-refractivity contribution in [1.29, 1.82) is 0 Å². The fourth-order valence-electron chi connectivity index (χ4n) is 1.49. The lowest BCUT2D eigenvalue weighted by molar-refractivity contribution is 0.0395. The number of nitrogens with two attached hydrogens (primary N) is 1. The normalized spacial score (nSPS) is 14.9. The first kappa shape index (κ1) is 14.0. The van der Waals surface area contributed by atoms with Crippen LogP contribution in [0.4, 0.5) is 5.82 Å². The summed E-state index contributed by atoms with van der Waals surface area (Å²) in [6, 6.07) is 0.777. The van der Waals surface area contributed by atoms with E-state index in [0.29, 0.717) is 0 Å². The molecule has 0 bridgehead atoms. The number of aliphatic hydroxyl groups excluding tert-OH is 2. The van der Waals surface area contributed by atoms with Gasteiger partial charge in [0, 0.05) is 11.4 Å². The molecule has 1 aromatic rings. The number of thioether (sulfide) groups is 1. The molecule has 0 aromatic carbocycles. The van der Waals surface area contributed by atoms with E-state index in [0.717, 1.165) is 16.3 Å². The zero-order valence-corrected chi connectivity index (χ0v) is 10.0. The van der Waals surface area contributed by atoms with Crippen molar-refractivity contribution in [3.05, 3.63) is 22.7 Å². The molecule has 1 heterocycles. The summed E-state index contributed by atoms with van der Waals surface area (Å²) in [5.41, 5.74) is 3.49. The Balaban J connectivity index is 3.05. The molecule has 17 heavy (non-hydrogen) atoms. The van der Waals surface area contributed by atoms with Gasteiger partial charge < -0.3 is 21.1 Å².